The number of halogens is 1. The van der Waals surface area contributed by atoms with Gasteiger partial charge in [-0.15, -0.1) is 0 Å². The van der Waals surface area contributed by atoms with E-state index in [0.29, 0.717) is 35.6 Å². The van der Waals surface area contributed by atoms with Gasteiger partial charge in [0, 0.05) is 55.8 Å². The average Bonchev–Trinajstić information content (AvgIpc) is 3.19. The van der Waals surface area contributed by atoms with Crippen molar-refractivity contribution in [1.82, 2.24) is 15.0 Å². The predicted octanol–water partition coefficient (Wildman–Crippen LogP) is 4.22. The minimum absolute atomic E-state index is 0.0962. The largest absolute Gasteiger partial charge is 0.494 e. The number of anilines is 3. The molecule has 0 saturated carbocycles. The highest BCUT2D eigenvalue weighted by molar-refractivity contribution is 6.33. The van der Waals surface area contributed by atoms with Gasteiger partial charge in [-0.2, -0.15) is 0 Å². The van der Waals surface area contributed by atoms with Gasteiger partial charge in [0.2, 0.25) is 5.95 Å². The molecule has 0 amide bonds. The second kappa shape index (κ2) is 10.1. The van der Waals surface area contributed by atoms with Gasteiger partial charge >= 0.3 is 0 Å². The third-order valence-electron chi connectivity index (χ3n) is 6.39. The van der Waals surface area contributed by atoms with Gasteiger partial charge in [0.1, 0.15) is 5.75 Å². The highest BCUT2D eigenvalue weighted by Gasteiger charge is 2.35. The van der Waals surface area contributed by atoms with Gasteiger partial charge in [-0.3, -0.25) is 4.98 Å². The lowest BCUT2D eigenvalue weighted by Crippen LogP contribution is -2.23. The molecule has 3 aromatic rings. The summed E-state index contributed by atoms with van der Waals surface area (Å²) in [6.45, 7) is 3.45. The zero-order valence-electron chi connectivity index (χ0n) is 19.9. The number of rotatable bonds is 9. The van der Waals surface area contributed by atoms with Crippen LogP contribution in [-0.2, 0) is 16.6 Å². The van der Waals surface area contributed by atoms with Crippen LogP contribution in [0.3, 0.4) is 0 Å². The number of aromatic nitrogens is 3. The maximum absolute atomic E-state index is 9.91. The van der Waals surface area contributed by atoms with E-state index in [1.165, 1.54) is 0 Å². The van der Waals surface area contributed by atoms with Crippen LogP contribution < -0.4 is 15.0 Å². The molecule has 34 heavy (non-hydrogen) atoms. The Hall–Kier alpha value is -2.94. The summed E-state index contributed by atoms with van der Waals surface area (Å²) >= 11 is 6.57. The summed E-state index contributed by atoms with van der Waals surface area (Å²) < 4.78 is 10.8. The topological polar surface area (TPSA) is 92.6 Å². The number of aryl methyl sites for hydroxylation is 1. The standard InChI is InChI=1S/C25H30ClN5O3/c1-25(15-32)7-5-20-17(25)11-16(14-28-20)19-6-8-27-24(29-19)30-21-12-18(26)22(13-23(21)34-4)31(2)9-10-33-3/h6,8,11-14,32H,5,7,9-10,15H2,1-4H3,(H,27,29,30). The average molecular weight is 484 g/mol. The van der Waals surface area contributed by atoms with E-state index in [-0.39, 0.29) is 12.0 Å². The lowest BCUT2D eigenvalue weighted by atomic mass is 9.85. The number of aliphatic hydroxyl groups excluding tert-OH is 1. The highest BCUT2D eigenvalue weighted by atomic mass is 35.5. The number of likely N-dealkylation sites (N-methyl/N-ethyl adjacent to an activating group) is 1. The highest BCUT2D eigenvalue weighted by Crippen LogP contribution is 2.40. The molecule has 1 aromatic carbocycles. The summed E-state index contributed by atoms with van der Waals surface area (Å²) in [6.07, 6.45) is 5.30. The lowest BCUT2D eigenvalue weighted by molar-refractivity contribution is 0.206. The van der Waals surface area contributed by atoms with Crippen molar-refractivity contribution in [2.75, 3.05) is 51.2 Å². The number of benzene rings is 1. The van der Waals surface area contributed by atoms with Crippen LogP contribution in [0.2, 0.25) is 5.02 Å². The molecule has 0 spiro atoms. The van der Waals surface area contributed by atoms with Gasteiger partial charge in [0.15, 0.2) is 0 Å². The van der Waals surface area contributed by atoms with Gasteiger partial charge in [-0.05, 0) is 36.6 Å². The van der Waals surface area contributed by atoms with Crippen molar-refractivity contribution in [1.29, 1.82) is 0 Å². The second-order valence-corrected chi connectivity index (χ2v) is 9.15. The Morgan fingerprint density at radius 2 is 2.06 bits per heavy atom. The Morgan fingerprint density at radius 3 is 2.79 bits per heavy atom. The Labute approximate surface area is 204 Å². The van der Waals surface area contributed by atoms with Gasteiger partial charge < -0.3 is 24.8 Å². The Kier molecular flexibility index (Phi) is 7.21. The van der Waals surface area contributed by atoms with E-state index in [0.717, 1.165) is 41.0 Å². The molecular formula is C25H30ClN5O3. The fourth-order valence-electron chi connectivity index (χ4n) is 4.20. The van der Waals surface area contributed by atoms with E-state index in [4.69, 9.17) is 26.1 Å². The van der Waals surface area contributed by atoms with Crippen LogP contribution in [0, 0.1) is 0 Å². The van der Waals surface area contributed by atoms with E-state index < -0.39 is 0 Å². The van der Waals surface area contributed by atoms with Gasteiger partial charge in [0.25, 0.3) is 0 Å². The molecule has 1 aliphatic carbocycles. The summed E-state index contributed by atoms with van der Waals surface area (Å²) in [5.41, 5.74) is 4.98. The number of ether oxygens (including phenoxy) is 2. The number of aliphatic hydroxyl groups is 1. The SMILES string of the molecule is COCCN(C)c1cc(OC)c(Nc2nccc(-c3cnc4c(c3)C(C)(CO)CC4)n2)cc1Cl. The molecule has 8 nitrogen and oxygen atoms in total. The summed E-state index contributed by atoms with van der Waals surface area (Å²) in [6, 6.07) is 7.61. The van der Waals surface area contributed by atoms with Crippen molar-refractivity contribution in [2.45, 2.75) is 25.2 Å². The molecule has 0 saturated heterocycles. The summed E-state index contributed by atoms with van der Waals surface area (Å²) in [7, 11) is 5.23. The first-order valence-electron chi connectivity index (χ1n) is 11.2. The van der Waals surface area contributed by atoms with E-state index in [1.54, 1.807) is 26.5 Å². The third kappa shape index (κ3) is 4.80. The Bertz CT molecular complexity index is 1180. The quantitative estimate of drug-likeness (QED) is 0.467. The van der Waals surface area contributed by atoms with Crippen molar-refractivity contribution in [3.05, 3.63) is 52.9 Å². The molecule has 0 radical (unpaired) electrons. The van der Waals surface area contributed by atoms with Crippen molar-refractivity contribution >= 4 is 28.9 Å². The fraction of sp³-hybridized carbons (Fsp3) is 0.400. The molecule has 1 atom stereocenters. The van der Waals surface area contributed by atoms with Crippen LogP contribution in [0.15, 0.2) is 36.7 Å². The minimum Gasteiger partial charge on any atom is -0.494 e. The molecule has 0 bridgehead atoms. The summed E-state index contributed by atoms with van der Waals surface area (Å²) in [4.78, 5) is 15.7. The molecule has 1 unspecified atom stereocenters. The predicted molar refractivity (Wildman–Crippen MR) is 134 cm³/mol. The Balaban J connectivity index is 1.61. The molecular weight excluding hydrogens is 454 g/mol. The molecule has 0 aliphatic heterocycles. The normalized spacial score (nSPS) is 16.9. The fourth-order valence-corrected chi connectivity index (χ4v) is 4.51. The van der Waals surface area contributed by atoms with Crippen LogP contribution in [0.1, 0.15) is 24.6 Å². The van der Waals surface area contributed by atoms with Gasteiger partial charge in [0.05, 0.1) is 42.4 Å². The first kappa shape index (κ1) is 24.2. The maximum atomic E-state index is 9.91. The first-order valence-corrected chi connectivity index (χ1v) is 11.5. The molecule has 9 heteroatoms. The second-order valence-electron chi connectivity index (χ2n) is 8.75. The van der Waals surface area contributed by atoms with Crippen LogP contribution in [0.4, 0.5) is 17.3 Å². The number of nitrogens with zero attached hydrogens (tertiary/aromatic N) is 4. The number of nitrogens with one attached hydrogen (secondary N) is 1. The molecule has 2 aromatic heterocycles. The Morgan fingerprint density at radius 1 is 1.24 bits per heavy atom. The minimum atomic E-state index is -0.269. The molecule has 180 valence electrons. The molecule has 2 heterocycles. The number of pyridine rings is 1. The smallest absolute Gasteiger partial charge is 0.227 e. The zero-order chi connectivity index (χ0) is 24.3. The number of fused-ring (bicyclic) bond motifs is 1. The van der Waals surface area contributed by atoms with E-state index in [1.807, 2.05) is 30.3 Å². The molecule has 1 aliphatic rings. The maximum Gasteiger partial charge on any atom is 0.227 e. The number of methoxy groups -OCH3 is 2. The van der Waals surface area contributed by atoms with Crippen molar-refractivity contribution in [3.8, 4) is 17.0 Å². The monoisotopic (exact) mass is 483 g/mol. The first-order chi connectivity index (χ1) is 16.4. The molecule has 4 rings (SSSR count). The van der Waals surface area contributed by atoms with E-state index in [2.05, 4.69) is 28.3 Å². The molecule has 0 fully saturated rings. The number of hydrogen-bond acceptors (Lipinski definition) is 8. The van der Waals surface area contributed by atoms with Crippen LogP contribution in [0.25, 0.3) is 11.3 Å². The van der Waals surface area contributed by atoms with Gasteiger partial charge in [-0.25, -0.2) is 9.97 Å². The summed E-state index contributed by atoms with van der Waals surface area (Å²) in [5, 5.41) is 13.7. The van der Waals surface area contributed by atoms with Crippen molar-refractivity contribution < 1.29 is 14.6 Å². The summed E-state index contributed by atoms with van der Waals surface area (Å²) in [5.74, 6) is 1.04. The van der Waals surface area contributed by atoms with Crippen molar-refractivity contribution in [3.63, 3.8) is 0 Å². The van der Waals surface area contributed by atoms with E-state index >= 15 is 0 Å². The van der Waals surface area contributed by atoms with Gasteiger partial charge in [-0.1, -0.05) is 18.5 Å². The molecule has 2 N–H and O–H groups in total. The van der Waals surface area contributed by atoms with E-state index in [9.17, 15) is 5.11 Å². The third-order valence-corrected chi connectivity index (χ3v) is 6.69. The zero-order valence-corrected chi connectivity index (χ0v) is 20.7. The number of hydrogen-bond donors (Lipinski definition) is 2. The lowest BCUT2D eigenvalue weighted by Gasteiger charge is -2.22. The van der Waals surface area contributed by atoms with Crippen LogP contribution >= 0.6 is 11.6 Å². The van der Waals surface area contributed by atoms with Crippen LogP contribution in [-0.4, -0.2) is 61.1 Å². The van der Waals surface area contributed by atoms with Crippen molar-refractivity contribution in [2.24, 2.45) is 0 Å². The van der Waals surface area contributed by atoms with Crippen LogP contribution in [0.5, 0.6) is 5.75 Å².